The third-order valence-electron chi connectivity index (χ3n) is 3.92. The molecule has 25 heavy (non-hydrogen) atoms. The van der Waals surface area contributed by atoms with Crippen LogP contribution in [0.15, 0.2) is 65.6 Å². The van der Waals surface area contributed by atoms with Gasteiger partial charge in [-0.15, -0.1) is 11.8 Å². The van der Waals surface area contributed by atoms with E-state index >= 15 is 0 Å². The van der Waals surface area contributed by atoms with E-state index in [0.29, 0.717) is 0 Å². The summed E-state index contributed by atoms with van der Waals surface area (Å²) in [5.41, 5.74) is 1.03. The molecule has 0 bridgehead atoms. The highest BCUT2D eigenvalue weighted by Gasteiger charge is 2.13. The Hall–Kier alpha value is -2.40. The van der Waals surface area contributed by atoms with Gasteiger partial charge >= 0.3 is 0 Å². The van der Waals surface area contributed by atoms with Crippen molar-refractivity contribution in [2.24, 2.45) is 0 Å². The lowest BCUT2D eigenvalue weighted by Crippen LogP contribution is -2.28. The second-order valence-corrected chi connectivity index (χ2v) is 6.74. The van der Waals surface area contributed by atoms with Crippen LogP contribution in [0, 0.1) is 11.6 Å². The van der Waals surface area contributed by atoms with E-state index in [9.17, 15) is 13.6 Å². The van der Waals surface area contributed by atoms with E-state index in [1.54, 1.807) is 0 Å². The predicted molar refractivity (Wildman–Crippen MR) is 97.6 cm³/mol. The number of hydrogen-bond donors (Lipinski definition) is 1. The Labute approximate surface area is 149 Å². The molecular weight excluding hydrogens is 340 g/mol. The highest BCUT2D eigenvalue weighted by atomic mass is 32.2. The molecule has 0 heterocycles. The smallest absolute Gasteiger partial charge is 0.230 e. The van der Waals surface area contributed by atoms with Gasteiger partial charge in [-0.1, -0.05) is 42.5 Å². The number of benzene rings is 3. The normalized spacial score (nSPS) is 12.1. The summed E-state index contributed by atoms with van der Waals surface area (Å²) in [5, 5.41) is 5.14. The quantitative estimate of drug-likeness (QED) is 0.645. The molecule has 0 saturated carbocycles. The van der Waals surface area contributed by atoms with Crippen molar-refractivity contribution >= 4 is 28.4 Å². The third-order valence-corrected chi connectivity index (χ3v) is 4.97. The number of carbonyl (C=O) groups is 1. The van der Waals surface area contributed by atoms with Gasteiger partial charge in [-0.05, 0) is 35.4 Å². The average molecular weight is 357 g/mol. The summed E-state index contributed by atoms with van der Waals surface area (Å²) >= 11 is 1.05. The molecule has 0 aliphatic heterocycles. The highest BCUT2D eigenvalue weighted by molar-refractivity contribution is 8.00. The molecule has 5 heteroatoms. The van der Waals surface area contributed by atoms with Crippen molar-refractivity contribution in [1.29, 1.82) is 0 Å². The van der Waals surface area contributed by atoms with Gasteiger partial charge in [-0.3, -0.25) is 4.79 Å². The number of rotatable bonds is 5. The van der Waals surface area contributed by atoms with Gasteiger partial charge in [0, 0.05) is 11.0 Å². The minimum atomic E-state index is -0.653. The lowest BCUT2D eigenvalue weighted by Gasteiger charge is -2.16. The van der Waals surface area contributed by atoms with Crippen LogP contribution in [-0.2, 0) is 4.79 Å². The molecule has 3 rings (SSSR count). The number of thioether (sulfide) groups is 1. The Balaban J connectivity index is 1.66. The van der Waals surface area contributed by atoms with Crippen molar-refractivity contribution in [3.05, 3.63) is 77.9 Å². The second-order valence-electron chi connectivity index (χ2n) is 5.72. The topological polar surface area (TPSA) is 29.1 Å². The maximum absolute atomic E-state index is 13.6. The van der Waals surface area contributed by atoms with Crippen molar-refractivity contribution in [2.75, 3.05) is 5.75 Å². The Bertz CT molecular complexity index is 908. The number of hydrogen-bond acceptors (Lipinski definition) is 2. The standard InChI is InChI=1S/C20H17F2NOS/c1-13(16-8-4-6-14-5-2-3-7-17(14)16)23-20(24)12-25-19-10-9-15(21)11-18(19)22/h2-11,13H,12H2,1H3,(H,23,24)/t13-/m0/s1. The summed E-state index contributed by atoms with van der Waals surface area (Å²) in [6.07, 6.45) is 0. The van der Waals surface area contributed by atoms with Crippen LogP contribution >= 0.6 is 11.8 Å². The minimum absolute atomic E-state index is 0.0671. The lowest BCUT2D eigenvalue weighted by molar-refractivity contribution is -0.119. The van der Waals surface area contributed by atoms with Gasteiger partial charge in [0.1, 0.15) is 11.6 Å². The lowest BCUT2D eigenvalue weighted by atomic mass is 10.00. The van der Waals surface area contributed by atoms with Crippen LogP contribution in [0.4, 0.5) is 8.78 Å². The van der Waals surface area contributed by atoms with Gasteiger partial charge in [0.2, 0.25) is 5.91 Å². The van der Waals surface area contributed by atoms with Gasteiger partial charge < -0.3 is 5.32 Å². The van der Waals surface area contributed by atoms with Crippen LogP contribution in [0.3, 0.4) is 0 Å². The van der Waals surface area contributed by atoms with Crippen molar-refractivity contribution in [3.63, 3.8) is 0 Å². The van der Waals surface area contributed by atoms with E-state index in [0.717, 1.165) is 34.2 Å². The molecule has 0 aliphatic carbocycles. The Kier molecular flexibility index (Phi) is 5.34. The second kappa shape index (κ2) is 7.66. The Morgan fingerprint density at radius 1 is 1.08 bits per heavy atom. The molecule has 1 N–H and O–H groups in total. The van der Waals surface area contributed by atoms with Crippen molar-refractivity contribution in [1.82, 2.24) is 5.32 Å². The first-order valence-corrected chi connectivity index (χ1v) is 8.88. The number of amides is 1. The minimum Gasteiger partial charge on any atom is -0.349 e. The molecule has 0 aromatic heterocycles. The van der Waals surface area contributed by atoms with Gasteiger partial charge in [0.25, 0.3) is 0 Å². The SMILES string of the molecule is C[C@H](NC(=O)CSc1ccc(F)cc1F)c1cccc2ccccc12. The fourth-order valence-corrected chi connectivity index (χ4v) is 3.46. The third kappa shape index (κ3) is 4.17. The highest BCUT2D eigenvalue weighted by Crippen LogP contribution is 2.25. The molecule has 0 unspecified atom stereocenters. The molecule has 1 amide bonds. The van der Waals surface area contributed by atoms with Crippen molar-refractivity contribution < 1.29 is 13.6 Å². The Morgan fingerprint density at radius 3 is 2.64 bits per heavy atom. The first-order chi connectivity index (χ1) is 12.0. The maximum Gasteiger partial charge on any atom is 0.230 e. The molecule has 0 fully saturated rings. The molecule has 0 saturated heterocycles. The molecule has 0 aliphatic rings. The van der Waals surface area contributed by atoms with Crippen molar-refractivity contribution in [3.8, 4) is 0 Å². The monoisotopic (exact) mass is 357 g/mol. The van der Waals surface area contributed by atoms with E-state index in [2.05, 4.69) is 5.32 Å². The first-order valence-electron chi connectivity index (χ1n) is 7.89. The molecule has 3 aromatic carbocycles. The fraction of sp³-hybridized carbons (Fsp3) is 0.150. The van der Waals surface area contributed by atoms with Crippen LogP contribution in [0.1, 0.15) is 18.5 Å². The molecule has 3 aromatic rings. The zero-order chi connectivity index (χ0) is 17.8. The molecule has 0 radical (unpaired) electrons. The van der Waals surface area contributed by atoms with Gasteiger partial charge in [-0.25, -0.2) is 8.78 Å². The number of nitrogens with one attached hydrogen (secondary N) is 1. The number of carbonyl (C=O) groups excluding carboxylic acids is 1. The van der Waals surface area contributed by atoms with Gasteiger partial charge in [0.05, 0.1) is 11.8 Å². The van der Waals surface area contributed by atoms with E-state index in [1.807, 2.05) is 49.4 Å². The summed E-state index contributed by atoms with van der Waals surface area (Å²) < 4.78 is 26.5. The van der Waals surface area contributed by atoms with Crippen LogP contribution in [0.2, 0.25) is 0 Å². The average Bonchev–Trinajstić information content (AvgIpc) is 2.60. The zero-order valence-electron chi connectivity index (χ0n) is 13.6. The molecule has 128 valence electrons. The number of fused-ring (bicyclic) bond motifs is 1. The number of halogens is 2. The van der Waals surface area contributed by atoms with Gasteiger partial charge in [-0.2, -0.15) is 0 Å². The molecule has 2 nitrogen and oxygen atoms in total. The summed E-state index contributed by atoms with van der Waals surface area (Å²) in [7, 11) is 0. The van der Waals surface area contributed by atoms with Crippen LogP contribution < -0.4 is 5.32 Å². The van der Waals surface area contributed by atoms with E-state index < -0.39 is 11.6 Å². The zero-order valence-corrected chi connectivity index (χ0v) is 14.4. The van der Waals surface area contributed by atoms with Crippen LogP contribution in [0.25, 0.3) is 10.8 Å². The van der Waals surface area contributed by atoms with Crippen molar-refractivity contribution in [2.45, 2.75) is 17.9 Å². The summed E-state index contributed by atoms with van der Waals surface area (Å²) in [5.74, 6) is -1.41. The first kappa shape index (κ1) is 17.4. The summed E-state index contributed by atoms with van der Waals surface area (Å²) in [6, 6.07) is 17.1. The molecule has 0 spiro atoms. The summed E-state index contributed by atoms with van der Waals surface area (Å²) in [4.78, 5) is 12.4. The molecular formula is C20H17F2NOS. The van der Waals surface area contributed by atoms with Crippen LogP contribution in [0.5, 0.6) is 0 Å². The Morgan fingerprint density at radius 2 is 1.84 bits per heavy atom. The fourth-order valence-electron chi connectivity index (χ4n) is 2.72. The van der Waals surface area contributed by atoms with E-state index in [4.69, 9.17) is 0 Å². The largest absolute Gasteiger partial charge is 0.349 e. The molecule has 1 atom stereocenters. The predicted octanol–water partition coefficient (Wildman–Crippen LogP) is 5.09. The van der Waals surface area contributed by atoms with E-state index in [1.165, 1.54) is 12.1 Å². The van der Waals surface area contributed by atoms with Crippen LogP contribution in [-0.4, -0.2) is 11.7 Å². The summed E-state index contributed by atoms with van der Waals surface area (Å²) in [6.45, 7) is 1.92. The maximum atomic E-state index is 13.6. The van der Waals surface area contributed by atoms with E-state index in [-0.39, 0.29) is 22.6 Å². The van der Waals surface area contributed by atoms with Gasteiger partial charge in [0.15, 0.2) is 0 Å².